The highest BCUT2D eigenvalue weighted by atomic mass is 16.3. The average Bonchev–Trinajstić information content (AvgIpc) is 3.11. The van der Waals surface area contributed by atoms with Crippen LogP contribution in [0.15, 0.2) is 35.4 Å². The molecule has 0 saturated carbocycles. The quantitative estimate of drug-likeness (QED) is 0.920. The van der Waals surface area contributed by atoms with Gasteiger partial charge in [-0.05, 0) is 30.9 Å². The van der Waals surface area contributed by atoms with Crippen LogP contribution in [0.25, 0.3) is 0 Å². The summed E-state index contributed by atoms with van der Waals surface area (Å²) in [5, 5.41) is 6.82. The standard InChI is InChI=1S/C14H17N3O2/c18-14(7-11-4-6-19-10-11)17-5-2-1-3-13(17)12-8-15-16-9-12/h4,6,8-10,13H,1-3,5,7H2,(H,15,16). The minimum absolute atomic E-state index is 0.159. The number of hydrogen-bond donors (Lipinski definition) is 1. The first-order chi connectivity index (χ1) is 9.34. The summed E-state index contributed by atoms with van der Waals surface area (Å²) in [7, 11) is 0. The third kappa shape index (κ3) is 2.54. The number of hydrogen-bond acceptors (Lipinski definition) is 3. The van der Waals surface area contributed by atoms with Gasteiger partial charge in [0, 0.05) is 18.3 Å². The largest absolute Gasteiger partial charge is 0.472 e. The van der Waals surface area contributed by atoms with Gasteiger partial charge in [0.05, 0.1) is 31.2 Å². The number of nitrogens with one attached hydrogen (secondary N) is 1. The number of piperidine rings is 1. The molecule has 0 aromatic carbocycles. The van der Waals surface area contributed by atoms with Gasteiger partial charge in [0.15, 0.2) is 0 Å². The van der Waals surface area contributed by atoms with E-state index in [1.165, 1.54) is 0 Å². The van der Waals surface area contributed by atoms with E-state index >= 15 is 0 Å². The van der Waals surface area contributed by atoms with Crippen LogP contribution in [0.5, 0.6) is 0 Å². The number of amides is 1. The zero-order valence-electron chi connectivity index (χ0n) is 10.7. The number of nitrogens with zero attached hydrogens (tertiary/aromatic N) is 2. The van der Waals surface area contributed by atoms with E-state index in [9.17, 15) is 4.79 Å². The van der Waals surface area contributed by atoms with E-state index < -0.39 is 0 Å². The Labute approximate surface area is 111 Å². The molecule has 1 aliphatic rings. The number of carbonyl (C=O) groups excluding carboxylic acids is 1. The lowest BCUT2D eigenvalue weighted by Gasteiger charge is -2.35. The Morgan fingerprint density at radius 1 is 1.53 bits per heavy atom. The van der Waals surface area contributed by atoms with E-state index in [0.29, 0.717) is 6.42 Å². The number of rotatable bonds is 3. The summed E-state index contributed by atoms with van der Waals surface area (Å²) < 4.78 is 5.02. The van der Waals surface area contributed by atoms with Crippen molar-refractivity contribution in [3.8, 4) is 0 Å². The van der Waals surface area contributed by atoms with Crippen LogP contribution in [0.4, 0.5) is 0 Å². The molecule has 3 rings (SSSR count). The Kier molecular flexibility index (Phi) is 3.35. The molecule has 2 aromatic rings. The van der Waals surface area contributed by atoms with E-state index in [1.807, 2.05) is 23.4 Å². The van der Waals surface area contributed by atoms with Crippen LogP contribution in [0, 0.1) is 0 Å². The van der Waals surface area contributed by atoms with Gasteiger partial charge in [0.2, 0.25) is 5.91 Å². The lowest BCUT2D eigenvalue weighted by Crippen LogP contribution is -2.39. The molecule has 2 aromatic heterocycles. The third-order valence-corrected chi connectivity index (χ3v) is 3.66. The topological polar surface area (TPSA) is 62.1 Å². The van der Waals surface area contributed by atoms with Crippen LogP contribution < -0.4 is 0 Å². The summed E-state index contributed by atoms with van der Waals surface area (Å²) in [5.74, 6) is 0.160. The van der Waals surface area contributed by atoms with Gasteiger partial charge in [-0.1, -0.05) is 0 Å². The lowest BCUT2D eigenvalue weighted by molar-refractivity contribution is -0.134. The maximum Gasteiger partial charge on any atom is 0.227 e. The number of aromatic amines is 1. The fourth-order valence-corrected chi connectivity index (χ4v) is 2.69. The third-order valence-electron chi connectivity index (χ3n) is 3.66. The van der Waals surface area contributed by atoms with Crippen LogP contribution in [-0.2, 0) is 11.2 Å². The molecule has 5 heteroatoms. The van der Waals surface area contributed by atoms with Crippen molar-refractivity contribution >= 4 is 5.91 Å². The zero-order valence-corrected chi connectivity index (χ0v) is 10.7. The minimum atomic E-state index is 0.159. The second-order valence-electron chi connectivity index (χ2n) is 4.94. The van der Waals surface area contributed by atoms with Crippen molar-refractivity contribution in [2.75, 3.05) is 6.54 Å². The average molecular weight is 259 g/mol. The van der Waals surface area contributed by atoms with Gasteiger partial charge in [-0.15, -0.1) is 0 Å². The second kappa shape index (κ2) is 5.30. The number of carbonyl (C=O) groups is 1. The molecule has 3 heterocycles. The van der Waals surface area contributed by atoms with Crippen LogP contribution in [-0.4, -0.2) is 27.5 Å². The summed E-state index contributed by atoms with van der Waals surface area (Å²) in [5.41, 5.74) is 2.03. The number of H-pyrrole nitrogens is 1. The summed E-state index contributed by atoms with van der Waals surface area (Å²) in [6, 6.07) is 2.00. The highest BCUT2D eigenvalue weighted by Crippen LogP contribution is 2.30. The molecule has 1 fully saturated rings. The van der Waals surface area contributed by atoms with Crippen molar-refractivity contribution in [2.24, 2.45) is 0 Å². The number of furan rings is 1. The van der Waals surface area contributed by atoms with Crippen molar-refractivity contribution in [1.82, 2.24) is 15.1 Å². The van der Waals surface area contributed by atoms with E-state index in [0.717, 1.165) is 36.9 Å². The monoisotopic (exact) mass is 259 g/mol. The van der Waals surface area contributed by atoms with Gasteiger partial charge in [0.1, 0.15) is 0 Å². The molecule has 1 atom stereocenters. The molecule has 5 nitrogen and oxygen atoms in total. The zero-order chi connectivity index (χ0) is 13.1. The molecule has 0 radical (unpaired) electrons. The fourth-order valence-electron chi connectivity index (χ4n) is 2.69. The van der Waals surface area contributed by atoms with Crippen molar-refractivity contribution < 1.29 is 9.21 Å². The molecular weight excluding hydrogens is 242 g/mol. The van der Waals surface area contributed by atoms with Crippen LogP contribution in [0.2, 0.25) is 0 Å². The summed E-state index contributed by atoms with van der Waals surface area (Å²) in [4.78, 5) is 14.4. The van der Waals surface area contributed by atoms with E-state index in [4.69, 9.17) is 4.42 Å². The minimum Gasteiger partial charge on any atom is -0.472 e. The smallest absolute Gasteiger partial charge is 0.227 e. The molecule has 1 unspecified atom stereocenters. The van der Waals surface area contributed by atoms with Crippen molar-refractivity contribution in [3.63, 3.8) is 0 Å². The summed E-state index contributed by atoms with van der Waals surface area (Å²) >= 11 is 0. The van der Waals surface area contributed by atoms with Gasteiger partial charge in [-0.3, -0.25) is 9.89 Å². The van der Waals surface area contributed by atoms with Gasteiger partial charge < -0.3 is 9.32 Å². The van der Waals surface area contributed by atoms with E-state index in [2.05, 4.69) is 10.2 Å². The van der Waals surface area contributed by atoms with Crippen molar-refractivity contribution in [3.05, 3.63) is 42.1 Å². The lowest BCUT2D eigenvalue weighted by atomic mass is 9.97. The Balaban J connectivity index is 1.75. The van der Waals surface area contributed by atoms with Crippen LogP contribution in [0.3, 0.4) is 0 Å². The maximum absolute atomic E-state index is 12.4. The molecule has 1 N–H and O–H groups in total. The first kappa shape index (κ1) is 12.0. The summed E-state index contributed by atoms with van der Waals surface area (Å²) in [6.45, 7) is 0.826. The Morgan fingerprint density at radius 3 is 3.21 bits per heavy atom. The Bertz CT molecular complexity index is 519. The fraction of sp³-hybridized carbons (Fsp3) is 0.429. The van der Waals surface area contributed by atoms with Crippen molar-refractivity contribution in [1.29, 1.82) is 0 Å². The first-order valence-electron chi connectivity index (χ1n) is 6.64. The van der Waals surface area contributed by atoms with Crippen molar-refractivity contribution in [2.45, 2.75) is 31.7 Å². The maximum atomic E-state index is 12.4. The first-order valence-corrected chi connectivity index (χ1v) is 6.64. The van der Waals surface area contributed by atoms with Gasteiger partial charge >= 0.3 is 0 Å². The van der Waals surface area contributed by atoms with Gasteiger partial charge in [0.25, 0.3) is 0 Å². The van der Waals surface area contributed by atoms with E-state index in [-0.39, 0.29) is 11.9 Å². The predicted octanol–water partition coefficient (Wildman–Crippen LogP) is 2.30. The molecule has 0 spiro atoms. The Morgan fingerprint density at radius 2 is 2.47 bits per heavy atom. The second-order valence-corrected chi connectivity index (χ2v) is 4.94. The Hall–Kier alpha value is -2.04. The molecular formula is C14H17N3O2. The molecule has 1 aliphatic heterocycles. The molecule has 1 amide bonds. The van der Waals surface area contributed by atoms with Gasteiger partial charge in [-0.25, -0.2) is 0 Å². The highest BCUT2D eigenvalue weighted by Gasteiger charge is 2.28. The summed E-state index contributed by atoms with van der Waals surface area (Å²) in [6.07, 6.45) is 10.6. The number of likely N-dealkylation sites (tertiary alicyclic amines) is 1. The number of aromatic nitrogens is 2. The van der Waals surface area contributed by atoms with Gasteiger partial charge in [-0.2, -0.15) is 5.10 Å². The normalized spacial score (nSPS) is 19.6. The van der Waals surface area contributed by atoms with Crippen LogP contribution >= 0.6 is 0 Å². The van der Waals surface area contributed by atoms with Crippen LogP contribution in [0.1, 0.15) is 36.4 Å². The molecule has 19 heavy (non-hydrogen) atoms. The molecule has 1 saturated heterocycles. The SMILES string of the molecule is O=C(Cc1ccoc1)N1CCCCC1c1cn[nH]c1. The van der Waals surface area contributed by atoms with E-state index in [1.54, 1.807) is 12.5 Å². The predicted molar refractivity (Wildman–Crippen MR) is 69.3 cm³/mol. The highest BCUT2D eigenvalue weighted by molar-refractivity contribution is 5.79. The molecule has 100 valence electrons. The molecule has 0 aliphatic carbocycles. The molecule has 0 bridgehead atoms.